The summed E-state index contributed by atoms with van der Waals surface area (Å²) < 4.78 is 18.0. The Bertz CT molecular complexity index is 762. The summed E-state index contributed by atoms with van der Waals surface area (Å²) >= 11 is 0. The number of hydrazine groups is 1. The predicted octanol–water partition coefficient (Wildman–Crippen LogP) is 1.24. The zero-order chi connectivity index (χ0) is 21.4. The molecule has 10 heteroatoms. The van der Waals surface area contributed by atoms with Crippen molar-refractivity contribution in [2.45, 2.75) is 45.1 Å². The SMILES string of the molecule is CCCC1(CCC)NC(=O)N(CC(=O)NNC(=O)COc2ccc(F)cc2)C1=O. The third-order valence-corrected chi connectivity index (χ3v) is 4.43. The molecule has 0 saturated carbocycles. The van der Waals surface area contributed by atoms with Crippen LogP contribution in [0.3, 0.4) is 0 Å². The number of urea groups is 1. The first-order valence-electron chi connectivity index (χ1n) is 9.41. The molecule has 1 aliphatic heterocycles. The largest absolute Gasteiger partial charge is 0.484 e. The second-order valence-corrected chi connectivity index (χ2v) is 6.74. The van der Waals surface area contributed by atoms with Gasteiger partial charge in [0.15, 0.2) is 6.61 Å². The summed E-state index contributed by atoms with van der Waals surface area (Å²) in [7, 11) is 0. The van der Waals surface area contributed by atoms with Gasteiger partial charge in [0.1, 0.15) is 23.7 Å². The van der Waals surface area contributed by atoms with Crippen molar-refractivity contribution in [1.82, 2.24) is 21.1 Å². The van der Waals surface area contributed by atoms with Crippen molar-refractivity contribution >= 4 is 23.8 Å². The number of amides is 5. The third kappa shape index (κ3) is 5.66. The number of ether oxygens (including phenoxy) is 1. The Hall–Kier alpha value is -3.17. The quantitative estimate of drug-likeness (QED) is 0.420. The second-order valence-electron chi connectivity index (χ2n) is 6.74. The predicted molar refractivity (Wildman–Crippen MR) is 101 cm³/mol. The van der Waals surface area contributed by atoms with Crippen LogP contribution < -0.4 is 20.9 Å². The molecular weight excluding hydrogens is 383 g/mol. The molecule has 0 unspecified atom stereocenters. The van der Waals surface area contributed by atoms with Gasteiger partial charge in [-0.1, -0.05) is 26.7 Å². The minimum Gasteiger partial charge on any atom is -0.484 e. The maximum Gasteiger partial charge on any atom is 0.325 e. The number of hydrogen-bond acceptors (Lipinski definition) is 5. The second kappa shape index (κ2) is 9.85. The van der Waals surface area contributed by atoms with Crippen LogP contribution in [0.2, 0.25) is 0 Å². The lowest BCUT2D eigenvalue weighted by Gasteiger charge is -2.25. The molecule has 9 nitrogen and oxygen atoms in total. The normalized spacial score (nSPS) is 15.1. The summed E-state index contributed by atoms with van der Waals surface area (Å²) in [6, 6.07) is 4.46. The number of carbonyl (C=O) groups excluding carboxylic acids is 4. The van der Waals surface area contributed by atoms with E-state index in [-0.39, 0.29) is 5.75 Å². The average Bonchev–Trinajstić information content (AvgIpc) is 2.90. The van der Waals surface area contributed by atoms with Crippen LogP contribution in [-0.2, 0) is 14.4 Å². The number of nitrogens with one attached hydrogen (secondary N) is 3. The van der Waals surface area contributed by atoms with Gasteiger partial charge in [0.05, 0.1) is 0 Å². The smallest absolute Gasteiger partial charge is 0.325 e. The summed E-state index contributed by atoms with van der Waals surface area (Å²) in [5.74, 6) is -1.97. The summed E-state index contributed by atoms with van der Waals surface area (Å²) in [5, 5.41) is 2.71. The van der Waals surface area contributed by atoms with Crippen LogP contribution in [0.15, 0.2) is 24.3 Å². The van der Waals surface area contributed by atoms with E-state index in [4.69, 9.17) is 4.74 Å². The summed E-state index contributed by atoms with van der Waals surface area (Å²) in [4.78, 5) is 49.5. The Morgan fingerprint density at radius 3 is 2.24 bits per heavy atom. The first kappa shape index (κ1) is 22.1. The van der Waals surface area contributed by atoms with Crippen molar-refractivity contribution in [3.8, 4) is 5.75 Å². The molecule has 0 aromatic heterocycles. The third-order valence-electron chi connectivity index (χ3n) is 4.43. The van der Waals surface area contributed by atoms with Crippen LogP contribution in [-0.4, -0.2) is 47.3 Å². The zero-order valence-electron chi connectivity index (χ0n) is 16.4. The molecule has 1 aromatic rings. The molecule has 0 atom stereocenters. The van der Waals surface area contributed by atoms with Gasteiger partial charge in [-0.05, 0) is 37.1 Å². The number of halogens is 1. The molecule has 1 aliphatic rings. The van der Waals surface area contributed by atoms with E-state index in [1.54, 1.807) is 0 Å². The average molecular weight is 408 g/mol. The molecule has 1 fully saturated rings. The van der Waals surface area contributed by atoms with E-state index < -0.39 is 48.3 Å². The Morgan fingerprint density at radius 2 is 1.66 bits per heavy atom. The molecule has 5 amide bonds. The Kier molecular flexibility index (Phi) is 7.52. The molecule has 0 spiro atoms. The number of benzene rings is 1. The van der Waals surface area contributed by atoms with Crippen molar-refractivity contribution in [2.24, 2.45) is 0 Å². The van der Waals surface area contributed by atoms with Crippen molar-refractivity contribution in [3.05, 3.63) is 30.1 Å². The maximum atomic E-state index is 12.8. The number of hydrogen-bond donors (Lipinski definition) is 3. The lowest BCUT2D eigenvalue weighted by molar-refractivity contribution is -0.136. The molecule has 3 N–H and O–H groups in total. The summed E-state index contributed by atoms with van der Waals surface area (Å²) in [5.41, 5.74) is 3.29. The van der Waals surface area contributed by atoms with Gasteiger partial charge in [-0.15, -0.1) is 0 Å². The van der Waals surface area contributed by atoms with Gasteiger partial charge >= 0.3 is 6.03 Å². The number of imide groups is 1. The molecule has 0 radical (unpaired) electrons. The summed E-state index contributed by atoms with van der Waals surface area (Å²) in [6.45, 7) is 2.90. The van der Waals surface area contributed by atoms with E-state index >= 15 is 0 Å². The number of nitrogens with zero attached hydrogens (tertiary/aromatic N) is 1. The van der Waals surface area contributed by atoms with Gasteiger partial charge in [-0.2, -0.15) is 0 Å². The Morgan fingerprint density at radius 1 is 1.07 bits per heavy atom. The molecule has 2 rings (SSSR count). The van der Waals surface area contributed by atoms with Crippen molar-refractivity contribution in [2.75, 3.05) is 13.2 Å². The monoisotopic (exact) mass is 408 g/mol. The van der Waals surface area contributed by atoms with Crippen LogP contribution >= 0.6 is 0 Å². The lowest BCUT2D eigenvalue weighted by atomic mass is 9.88. The van der Waals surface area contributed by atoms with Crippen LogP contribution in [0.4, 0.5) is 9.18 Å². The van der Waals surface area contributed by atoms with Crippen LogP contribution in [0.1, 0.15) is 39.5 Å². The molecule has 1 heterocycles. The minimum atomic E-state index is -0.979. The molecule has 158 valence electrons. The molecular formula is C19H25FN4O5. The van der Waals surface area contributed by atoms with Gasteiger partial charge in [-0.3, -0.25) is 30.1 Å². The van der Waals surface area contributed by atoms with E-state index in [9.17, 15) is 23.6 Å². The highest BCUT2D eigenvalue weighted by molar-refractivity contribution is 6.09. The van der Waals surface area contributed by atoms with Gasteiger partial charge in [-0.25, -0.2) is 9.18 Å². The van der Waals surface area contributed by atoms with E-state index in [1.807, 2.05) is 13.8 Å². The van der Waals surface area contributed by atoms with Crippen LogP contribution in [0.5, 0.6) is 5.75 Å². The Balaban J connectivity index is 1.82. The minimum absolute atomic E-state index is 0.287. The van der Waals surface area contributed by atoms with Gasteiger partial charge < -0.3 is 10.1 Å². The highest BCUT2D eigenvalue weighted by Gasteiger charge is 2.50. The fourth-order valence-corrected chi connectivity index (χ4v) is 3.18. The first-order chi connectivity index (χ1) is 13.8. The van der Waals surface area contributed by atoms with Gasteiger partial charge in [0.25, 0.3) is 17.7 Å². The molecule has 29 heavy (non-hydrogen) atoms. The zero-order valence-corrected chi connectivity index (χ0v) is 16.4. The first-order valence-corrected chi connectivity index (χ1v) is 9.41. The summed E-state index contributed by atoms with van der Waals surface area (Å²) in [6.07, 6.45) is 2.38. The number of rotatable bonds is 9. The van der Waals surface area contributed by atoms with Crippen molar-refractivity contribution in [1.29, 1.82) is 0 Å². The van der Waals surface area contributed by atoms with Crippen LogP contribution in [0.25, 0.3) is 0 Å². The fourth-order valence-electron chi connectivity index (χ4n) is 3.18. The van der Waals surface area contributed by atoms with Gasteiger partial charge in [0.2, 0.25) is 0 Å². The Labute approximate surface area is 167 Å². The van der Waals surface area contributed by atoms with E-state index in [1.165, 1.54) is 24.3 Å². The fraction of sp³-hybridized carbons (Fsp3) is 0.474. The molecule has 0 bridgehead atoms. The maximum absolute atomic E-state index is 12.8. The molecule has 1 aromatic carbocycles. The highest BCUT2D eigenvalue weighted by atomic mass is 19.1. The standard InChI is InChI=1S/C19H25FN4O5/c1-3-9-19(10-4-2)17(27)24(18(28)21-19)11-15(25)22-23-16(26)12-29-14-7-5-13(20)6-8-14/h5-8H,3-4,9-12H2,1-2H3,(H,21,28)(H,22,25)(H,23,26). The lowest BCUT2D eigenvalue weighted by Crippen LogP contribution is -2.50. The topological polar surface area (TPSA) is 117 Å². The van der Waals surface area contributed by atoms with Crippen molar-refractivity contribution < 1.29 is 28.3 Å². The number of carbonyl (C=O) groups is 4. The van der Waals surface area contributed by atoms with Crippen molar-refractivity contribution in [3.63, 3.8) is 0 Å². The highest BCUT2D eigenvalue weighted by Crippen LogP contribution is 2.27. The van der Waals surface area contributed by atoms with Crippen LogP contribution in [0, 0.1) is 5.82 Å². The van der Waals surface area contributed by atoms with Gasteiger partial charge in [0, 0.05) is 0 Å². The molecule has 0 aliphatic carbocycles. The van der Waals surface area contributed by atoms with E-state index in [0.29, 0.717) is 25.7 Å². The molecule has 1 saturated heterocycles. The van der Waals surface area contributed by atoms with E-state index in [2.05, 4.69) is 16.2 Å². The van der Waals surface area contributed by atoms with E-state index in [0.717, 1.165) is 4.90 Å².